The molecule has 0 amide bonds. The Morgan fingerprint density at radius 2 is 1.86 bits per heavy atom. The molecule has 0 aliphatic carbocycles. The van der Waals surface area contributed by atoms with Crippen molar-refractivity contribution in [1.29, 1.82) is 0 Å². The maximum absolute atomic E-state index is 14.4. The Morgan fingerprint density at radius 1 is 1.14 bits per heavy atom. The zero-order valence-corrected chi connectivity index (χ0v) is 12.9. The van der Waals surface area contributed by atoms with Gasteiger partial charge < -0.3 is 10.6 Å². The smallest absolute Gasteiger partial charge is 0.147 e. The lowest BCUT2D eigenvalue weighted by Gasteiger charge is -2.25. The first-order chi connectivity index (χ1) is 10.0. The van der Waals surface area contributed by atoms with Gasteiger partial charge in [-0.3, -0.25) is 0 Å². The second kappa shape index (κ2) is 6.72. The molecule has 2 aromatic carbocycles. The predicted octanol–water partition coefficient (Wildman–Crippen LogP) is 4.18. The molecule has 0 saturated heterocycles. The van der Waals surface area contributed by atoms with Crippen LogP contribution >= 0.6 is 0 Å². The fourth-order valence-corrected chi connectivity index (χ4v) is 2.59. The van der Waals surface area contributed by atoms with Gasteiger partial charge >= 0.3 is 0 Å². The molecular formula is C18H23FN2. The Kier molecular flexibility index (Phi) is 4.97. The zero-order valence-electron chi connectivity index (χ0n) is 12.9. The maximum Gasteiger partial charge on any atom is 0.147 e. The van der Waals surface area contributed by atoms with E-state index in [0.717, 1.165) is 23.2 Å². The van der Waals surface area contributed by atoms with Crippen molar-refractivity contribution >= 4 is 11.4 Å². The van der Waals surface area contributed by atoms with Crippen molar-refractivity contribution in [3.05, 3.63) is 59.4 Å². The normalized spacial score (nSPS) is 12.2. The highest BCUT2D eigenvalue weighted by atomic mass is 19.1. The van der Waals surface area contributed by atoms with Crippen LogP contribution in [0, 0.1) is 12.7 Å². The van der Waals surface area contributed by atoms with Gasteiger partial charge in [-0.2, -0.15) is 0 Å². The maximum atomic E-state index is 14.4. The molecule has 2 nitrogen and oxygen atoms in total. The summed E-state index contributed by atoms with van der Waals surface area (Å²) in [6.07, 6.45) is 1.56. The third kappa shape index (κ3) is 3.42. The molecule has 0 heterocycles. The monoisotopic (exact) mass is 286 g/mol. The molecule has 0 aliphatic heterocycles. The van der Waals surface area contributed by atoms with Crippen LogP contribution in [0.3, 0.4) is 0 Å². The van der Waals surface area contributed by atoms with E-state index in [1.807, 2.05) is 49.2 Å². The minimum atomic E-state index is -0.207. The molecule has 0 aliphatic rings. The van der Waals surface area contributed by atoms with Crippen LogP contribution in [0.25, 0.3) is 0 Å². The van der Waals surface area contributed by atoms with E-state index in [9.17, 15) is 4.39 Å². The number of hydrogen-bond acceptors (Lipinski definition) is 2. The Labute approximate surface area is 126 Å². The molecule has 2 N–H and O–H groups in total. The molecule has 3 heteroatoms. The summed E-state index contributed by atoms with van der Waals surface area (Å²) >= 11 is 0. The van der Waals surface area contributed by atoms with Crippen LogP contribution in [0.15, 0.2) is 42.5 Å². The minimum Gasteiger partial charge on any atom is -0.342 e. The Hall–Kier alpha value is -1.87. The number of nitrogens with zero attached hydrogens (tertiary/aromatic N) is 1. The van der Waals surface area contributed by atoms with Gasteiger partial charge in [0.25, 0.3) is 0 Å². The zero-order chi connectivity index (χ0) is 15.4. The lowest BCUT2D eigenvalue weighted by Crippen LogP contribution is -2.23. The third-order valence-electron chi connectivity index (χ3n) is 3.89. The molecule has 0 fully saturated rings. The van der Waals surface area contributed by atoms with Crippen molar-refractivity contribution in [3.8, 4) is 0 Å². The quantitative estimate of drug-likeness (QED) is 0.893. The number of aryl methyl sites for hydroxylation is 1. The largest absolute Gasteiger partial charge is 0.342 e. The molecule has 0 radical (unpaired) electrons. The minimum absolute atomic E-state index is 0.0517. The van der Waals surface area contributed by atoms with Crippen LogP contribution in [-0.2, 0) is 6.42 Å². The third-order valence-corrected chi connectivity index (χ3v) is 3.89. The second-order valence-corrected chi connectivity index (χ2v) is 5.47. The van der Waals surface area contributed by atoms with Crippen molar-refractivity contribution in [2.75, 3.05) is 11.9 Å². The molecule has 2 rings (SSSR count). The van der Waals surface area contributed by atoms with Crippen LogP contribution in [0.5, 0.6) is 0 Å². The summed E-state index contributed by atoms with van der Waals surface area (Å²) in [6.45, 7) is 4.08. The highest BCUT2D eigenvalue weighted by molar-refractivity contribution is 5.68. The molecule has 21 heavy (non-hydrogen) atoms. The van der Waals surface area contributed by atoms with Gasteiger partial charge in [0.2, 0.25) is 0 Å². The molecule has 2 aromatic rings. The molecule has 0 saturated carbocycles. The van der Waals surface area contributed by atoms with E-state index >= 15 is 0 Å². The summed E-state index contributed by atoms with van der Waals surface area (Å²) in [6, 6.07) is 13.3. The Balaban J connectivity index is 2.45. The summed E-state index contributed by atoms with van der Waals surface area (Å²) in [5, 5.41) is 0. The van der Waals surface area contributed by atoms with Crippen molar-refractivity contribution in [1.82, 2.24) is 0 Å². The SMILES string of the molecule is CCC(N)Cc1cccc(F)c1N(C)c1ccccc1C. The summed E-state index contributed by atoms with van der Waals surface area (Å²) in [5.74, 6) is -0.207. The van der Waals surface area contributed by atoms with Crippen molar-refractivity contribution < 1.29 is 4.39 Å². The number of nitrogens with two attached hydrogens (primary N) is 1. The van der Waals surface area contributed by atoms with E-state index in [1.165, 1.54) is 6.07 Å². The lowest BCUT2D eigenvalue weighted by molar-refractivity contribution is 0.614. The summed E-state index contributed by atoms with van der Waals surface area (Å²) in [4.78, 5) is 1.92. The number of halogens is 1. The summed E-state index contributed by atoms with van der Waals surface area (Å²) in [5.41, 5.74) is 9.75. The predicted molar refractivity (Wildman–Crippen MR) is 87.6 cm³/mol. The van der Waals surface area contributed by atoms with Gasteiger partial charge in [0, 0.05) is 18.8 Å². The lowest BCUT2D eigenvalue weighted by atomic mass is 10.0. The van der Waals surface area contributed by atoms with Gasteiger partial charge in [0.1, 0.15) is 5.82 Å². The van der Waals surface area contributed by atoms with Crippen LogP contribution < -0.4 is 10.6 Å². The first-order valence-electron chi connectivity index (χ1n) is 7.37. The fraction of sp³-hybridized carbons (Fsp3) is 0.333. The van der Waals surface area contributed by atoms with Crippen molar-refractivity contribution in [2.45, 2.75) is 32.7 Å². The van der Waals surface area contributed by atoms with Crippen LogP contribution in [0.2, 0.25) is 0 Å². The van der Waals surface area contributed by atoms with E-state index < -0.39 is 0 Å². The molecule has 1 atom stereocenters. The number of benzene rings is 2. The highest BCUT2D eigenvalue weighted by Gasteiger charge is 2.17. The number of hydrogen-bond donors (Lipinski definition) is 1. The van der Waals surface area contributed by atoms with Gasteiger partial charge in [0.05, 0.1) is 5.69 Å². The summed E-state index contributed by atoms with van der Waals surface area (Å²) in [7, 11) is 1.90. The number of rotatable bonds is 5. The fourth-order valence-electron chi connectivity index (χ4n) is 2.59. The van der Waals surface area contributed by atoms with Crippen molar-refractivity contribution in [2.24, 2.45) is 5.73 Å². The average Bonchev–Trinajstić information content (AvgIpc) is 2.47. The van der Waals surface area contributed by atoms with Crippen LogP contribution in [-0.4, -0.2) is 13.1 Å². The molecule has 1 unspecified atom stereocenters. The standard InChI is InChI=1S/C18H23FN2/c1-4-15(20)12-14-9-7-10-16(19)18(14)21(3)17-11-6-5-8-13(17)2/h5-11,15H,4,12,20H2,1-3H3. The first kappa shape index (κ1) is 15.5. The van der Waals surface area contributed by atoms with E-state index in [0.29, 0.717) is 12.1 Å². The molecule has 0 aromatic heterocycles. The first-order valence-corrected chi connectivity index (χ1v) is 7.37. The highest BCUT2D eigenvalue weighted by Crippen LogP contribution is 2.32. The van der Waals surface area contributed by atoms with E-state index in [1.54, 1.807) is 6.07 Å². The van der Waals surface area contributed by atoms with Gasteiger partial charge in [-0.25, -0.2) is 4.39 Å². The van der Waals surface area contributed by atoms with Gasteiger partial charge in [-0.1, -0.05) is 37.3 Å². The second-order valence-electron chi connectivity index (χ2n) is 5.47. The Bertz CT molecular complexity index is 610. The molecular weight excluding hydrogens is 263 g/mol. The topological polar surface area (TPSA) is 29.3 Å². The summed E-state index contributed by atoms with van der Waals surface area (Å²) < 4.78 is 14.4. The van der Waals surface area contributed by atoms with Crippen LogP contribution in [0.4, 0.5) is 15.8 Å². The van der Waals surface area contributed by atoms with Gasteiger partial charge in [-0.15, -0.1) is 0 Å². The van der Waals surface area contributed by atoms with E-state index in [4.69, 9.17) is 5.73 Å². The van der Waals surface area contributed by atoms with Crippen molar-refractivity contribution in [3.63, 3.8) is 0 Å². The van der Waals surface area contributed by atoms with E-state index in [2.05, 4.69) is 6.92 Å². The Morgan fingerprint density at radius 3 is 2.52 bits per heavy atom. The van der Waals surface area contributed by atoms with Gasteiger partial charge in [-0.05, 0) is 43.0 Å². The van der Waals surface area contributed by atoms with Gasteiger partial charge in [0.15, 0.2) is 0 Å². The number of para-hydroxylation sites is 2. The molecule has 112 valence electrons. The number of anilines is 2. The average molecular weight is 286 g/mol. The molecule has 0 spiro atoms. The van der Waals surface area contributed by atoms with Crippen LogP contribution in [0.1, 0.15) is 24.5 Å². The van der Waals surface area contributed by atoms with E-state index in [-0.39, 0.29) is 11.9 Å². The molecule has 0 bridgehead atoms.